The van der Waals surface area contributed by atoms with Gasteiger partial charge in [-0.3, -0.25) is 9.48 Å². The summed E-state index contributed by atoms with van der Waals surface area (Å²) in [5.41, 5.74) is 2.45. The molecule has 1 heterocycles. The fraction of sp³-hybridized carbons (Fsp3) is 0.778. The Morgan fingerprint density at radius 2 is 1.91 bits per heavy atom. The van der Waals surface area contributed by atoms with Crippen LogP contribution >= 0.6 is 0 Å². The standard InChI is InChI=1S/C18H30N2O2/c1-13-12-14(2)20(19-13)11-10-17(21)22-16-8-6-15(7-9-16)18(3,4)5/h12,15-16H,6-11H2,1-5H3. The minimum absolute atomic E-state index is 0.0910. The fourth-order valence-corrected chi connectivity index (χ4v) is 3.39. The Kier molecular flexibility index (Phi) is 5.30. The lowest BCUT2D eigenvalue weighted by molar-refractivity contribution is -0.151. The second-order valence-electron chi connectivity index (χ2n) is 7.73. The lowest BCUT2D eigenvalue weighted by atomic mass is 9.72. The molecule has 0 amide bonds. The highest BCUT2D eigenvalue weighted by atomic mass is 16.5. The highest BCUT2D eigenvalue weighted by Crippen LogP contribution is 2.38. The van der Waals surface area contributed by atoms with Gasteiger partial charge in [0.25, 0.3) is 0 Å². The van der Waals surface area contributed by atoms with E-state index in [1.54, 1.807) is 0 Å². The topological polar surface area (TPSA) is 44.1 Å². The quantitative estimate of drug-likeness (QED) is 0.789. The molecule has 0 N–H and O–H groups in total. The first-order chi connectivity index (χ1) is 10.3. The van der Waals surface area contributed by atoms with Gasteiger partial charge in [-0.15, -0.1) is 0 Å². The highest BCUT2D eigenvalue weighted by Gasteiger charge is 2.30. The van der Waals surface area contributed by atoms with E-state index in [4.69, 9.17) is 4.74 Å². The number of ether oxygens (including phenoxy) is 1. The van der Waals surface area contributed by atoms with Gasteiger partial charge in [0.05, 0.1) is 18.7 Å². The third-order valence-electron chi connectivity index (χ3n) is 4.83. The van der Waals surface area contributed by atoms with Crippen molar-refractivity contribution in [2.75, 3.05) is 0 Å². The van der Waals surface area contributed by atoms with Crippen LogP contribution in [-0.4, -0.2) is 21.9 Å². The van der Waals surface area contributed by atoms with Gasteiger partial charge in [-0.1, -0.05) is 20.8 Å². The molecule has 0 radical (unpaired) electrons. The number of hydrogen-bond acceptors (Lipinski definition) is 3. The second-order valence-corrected chi connectivity index (χ2v) is 7.73. The first-order valence-electron chi connectivity index (χ1n) is 8.46. The molecular formula is C18H30N2O2. The van der Waals surface area contributed by atoms with Crippen LogP contribution in [0.15, 0.2) is 6.07 Å². The van der Waals surface area contributed by atoms with E-state index in [-0.39, 0.29) is 12.1 Å². The SMILES string of the molecule is Cc1cc(C)n(CCC(=O)OC2CCC(C(C)(C)C)CC2)n1. The molecule has 22 heavy (non-hydrogen) atoms. The van der Waals surface area contributed by atoms with E-state index in [1.165, 1.54) is 12.8 Å². The fourth-order valence-electron chi connectivity index (χ4n) is 3.39. The van der Waals surface area contributed by atoms with Crippen LogP contribution in [0.25, 0.3) is 0 Å². The smallest absolute Gasteiger partial charge is 0.307 e. The number of aromatic nitrogens is 2. The number of rotatable bonds is 4. The molecule has 0 aromatic carbocycles. The molecule has 2 rings (SSSR count). The number of esters is 1. The van der Waals surface area contributed by atoms with Crippen molar-refractivity contribution >= 4 is 5.97 Å². The maximum atomic E-state index is 12.0. The molecule has 0 unspecified atom stereocenters. The summed E-state index contributed by atoms with van der Waals surface area (Å²) in [6, 6.07) is 2.03. The average molecular weight is 306 g/mol. The van der Waals surface area contributed by atoms with Gasteiger partial charge < -0.3 is 4.74 Å². The lowest BCUT2D eigenvalue weighted by Crippen LogP contribution is -2.30. The van der Waals surface area contributed by atoms with E-state index in [1.807, 2.05) is 24.6 Å². The van der Waals surface area contributed by atoms with Gasteiger partial charge in [0.15, 0.2) is 0 Å². The molecule has 1 fully saturated rings. The zero-order chi connectivity index (χ0) is 16.3. The average Bonchev–Trinajstić information content (AvgIpc) is 2.74. The van der Waals surface area contributed by atoms with Crippen molar-refractivity contribution < 1.29 is 9.53 Å². The molecule has 0 atom stereocenters. The Labute approximate surface area is 134 Å². The minimum Gasteiger partial charge on any atom is -0.462 e. The zero-order valence-corrected chi connectivity index (χ0v) is 14.7. The van der Waals surface area contributed by atoms with Crippen molar-refractivity contribution in [3.05, 3.63) is 17.5 Å². The summed E-state index contributed by atoms with van der Waals surface area (Å²) in [7, 11) is 0. The predicted octanol–water partition coefficient (Wildman–Crippen LogP) is 4.04. The van der Waals surface area contributed by atoms with Crippen molar-refractivity contribution in [2.45, 2.75) is 79.4 Å². The van der Waals surface area contributed by atoms with Crippen molar-refractivity contribution in [1.29, 1.82) is 0 Å². The molecule has 1 aromatic heterocycles. The highest BCUT2D eigenvalue weighted by molar-refractivity contribution is 5.69. The number of aryl methyl sites for hydroxylation is 3. The van der Waals surface area contributed by atoms with Crippen LogP contribution in [0.1, 0.15) is 64.3 Å². The van der Waals surface area contributed by atoms with Gasteiger partial charge in [-0.2, -0.15) is 5.10 Å². The zero-order valence-electron chi connectivity index (χ0n) is 14.7. The van der Waals surface area contributed by atoms with Gasteiger partial charge >= 0.3 is 5.97 Å². The Bertz CT molecular complexity index is 506. The van der Waals surface area contributed by atoms with E-state index in [0.717, 1.165) is 30.1 Å². The molecule has 1 aromatic rings. The van der Waals surface area contributed by atoms with Crippen molar-refractivity contribution in [3.63, 3.8) is 0 Å². The van der Waals surface area contributed by atoms with Gasteiger partial charge in [0.2, 0.25) is 0 Å². The predicted molar refractivity (Wildman–Crippen MR) is 87.6 cm³/mol. The first kappa shape index (κ1) is 17.0. The lowest BCUT2D eigenvalue weighted by Gasteiger charge is -2.36. The Morgan fingerprint density at radius 1 is 1.27 bits per heavy atom. The summed E-state index contributed by atoms with van der Waals surface area (Å²) in [5.74, 6) is 0.656. The molecule has 1 aliphatic carbocycles. The Balaban J connectivity index is 1.73. The minimum atomic E-state index is -0.0910. The van der Waals surface area contributed by atoms with Gasteiger partial charge in [0, 0.05) is 5.69 Å². The summed E-state index contributed by atoms with van der Waals surface area (Å²) in [4.78, 5) is 12.0. The molecule has 0 spiro atoms. The van der Waals surface area contributed by atoms with Crippen LogP contribution in [-0.2, 0) is 16.1 Å². The number of carbonyl (C=O) groups excluding carboxylic acids is 1. The number of nitrogens with zero attached hydrogens (tertiary/aromatic N) is 2. The van der Waals surface area contributed by atoms with Crippen LogP contribution in [0, 0.1) is 25.2 Å². The third-order valence-corrected chi connectivity index (χ3v) is 4.83. The monoisotopic (exact) mass is 306 g/mol. The summed E-state index contributed by atoms with van der Waals surface area (Å²) >= 11 is 0. The number of carbonyl (C=O) groups is 1. The Hall–Kier alpha value is -1.32. The maximum Gasteiger partial charge on any atom is 0.307 e. The molecule has 1 saturated carbocycles. The first-order valence-corrected chi connectivity index (χ1v) is 8.46. The van der Waals surface area contributed by atoms with Crippen molar-refractivity contribution in [3.8, 4) is 0 Å². The molecule has 4 nitrogen and oxygen atoms in total. The normalized spacial score (nSPS) is 22.6. The van der Waals surface area contributed by atoms with Gasteiger partial charge in [0.1, 0.15) is 6.10 Å². The molecule has 1 aliphatic rings. The van der Waals surface area contributed by atoms with Gasteiger partial charge in [-0.05, 0) is 56.9 Å². The van der Waals surface area contributed by atoms with E-state index < -0.39 is 0 Å². The second kappa shape index (κ2) is 6.84. The molecule has 4 heteroatoms. The third kappa shape index (κ3) is 4.59. The Morgan fingerprint density at radius 3 is 2.41 bits per heavy atom. The van der Waals surface area contributed by atoms with E-state index in [9.17, 15) is 4.79 Å². The molecular weight excluding hydrogens is 276 g/mol. The van der Waals surface area contributed by atoms with Gasteiger partial charge in [-0.25, -0.2) is 0 Å². The van der Waals surface area contributed by atoms with Crippen LogP contribution < -0.4 is 0 Å². The van der Waals surface area contributed by atoms with Crippen molar-refractivity contribution in [1.82, 2.24) is 9.78 Å². The van der Waals surface area contributed by atoms with Crippen LogP contribution in [0.4, 0.5) is 0 Å². The van der Waals surface area contributed by atoms with Crippen molar-refractivity contribution in [2.24, 2.45) is 11.3 Å². The van der Waals surface area contributed by atoms with E-state index >= 15 is 0 Å². The number of hydrogen-bond donors (Lipinski definition) is 0. The van der Waals surface area contributed by atoms with Crippen LogP contribution in [0.3, 0.4) is 0 Å². The molecule has 0 saturated heterocycles. The van der Waals surface area contributed by atoms with Crippen LogP contribution in [0.2, 0.25) is 0 Å². The largest absolute Gasteiger partial charge is 0.462 e. The summed E-state index contributed by atoms with van der Waals surface area (Å²) in [5, 5.41) is 4.37. The maximum absolute atomic E-state index is 12.0. The molecule has 124 valence electrons. The van der Waals surface area contributed by atoms with E-state index in [0.29, 0.717) is 18.4 Å². The molecule has 0 aliphatic heterocycles. The summed E-state index contributed by atoms with van der Waals surface area (Å²) < 4.78 is 7.52. The molecule has 0 bridgehead atoms. The summed E-state index contributed by atoms with van der Waals surface area (Å²) in [6.07, 6.45) is 4.87. The van der Waals surface area contributed by atoms with Crippen LogP contribution in [0.5, 0.6) is 0 Å². The van der Waals surface area contributed by atoms with E-state index in [2.05, 4.69) is 25.9 Å². The summed E-state index contributed by atoms with van der Waals surface area (Å²) in [6.45, 7) is 11.5.